The van der Waals surface area contributed by atoms with Gasteiger partial charge in [-0.05, 0) is 56.4 Å². The van der Waals surface area contributed by atoms with E-state index >= 15 is 0 Å². The number of nitrogens with one attached hydrogen (secondary N) is 1. The lowest BCUT2D eigenvalue weighted by Gasteiger charge is -2.30. The van der Waals surface area contributed by atoms with E-state index in [0.29, 0.717) is 0 Å². The molecule has 80 valence electrons. The summed E-state index contributed by atoms with van der Waals surface area (Å²) in [4.78, 5) is 0. The fourth-order valence-corrected chi connectivity index (χ4v) is 4.21. The standard InChI is InChI=1S/C13H23N/c1-2-4-13(14-7-3-1)12-9-10-5-6-11(12)8-10/h10-14H,1-9H2. The molecule has 2 saturated carbocycles. The van der Waals surface area contributed by atoms with Gasteiger partial charge < -0.3 is 5.32 Å². The second-order valence-electron chi connectivity index (χ2n) is 5.75. The molecule has 0 aromatic rings. The van der Waals surface area contributed by atoms with Gasteiger partial charge in [0.1, 0.15) is 0 Å². The lowest BCUT2D eigenvalue weighted by atomic mass is 9.82. The number of hydrogen-bond acceptors (Lipinski definition) is 1. The van der Waals surface area contributed by atoms with Crippen LogP contribution in [0.5, 0.6) is 0 Å². The van der Waals surface area contributed by atoms with Gasteiger partial charge in [0.05, 0.1) is 0 Å². The molecular weight excluding hydrogens is 170 g/mol. The van der Waals surface area contributed by atoms with Crippen LogP contribution in [-0.4, -0.2) is 12.6 Å². The van der Waals surface area contributed by atoms with Crippen molar-refractivity contribution in [1.29, 1.82) is 0 Å². The van der Waals surface area contributed by atoms with Crippen LogP contribution in [-0.2, 0) is 0 Å². The maximum atomic E-state index is 3.81. The molecule has 1 saturated heterocycles. The number of fused-ring (bicyclic) bond motifs is 2. The minimum atomic E-state index is 0.896. The SMILES string of the molecule is C1CCNC(C2CC3CCC2C3)CC1. The first-order valence-corrected chi connectivity index (χ1v) is 6.67. The molecule has 4 unspecified atom stereocenters. The Kier molecular flexibility index (Phi) is 2.53. The summed E-state index contributed by atoms with van der Waals surface area (Å²) < 4.78 is 0. The topological polar surface area (TPSA) is 12.0 Å². The van der Waals surface area contributed by atoms with E-state index in [1.165, 1.54) is 32.2 Å². The Morgan fingerprint density at radius 3 is 2.64 bits per heavy atom. The van der Waals surface area contributed by atoms with Gasteiger partial charge in [0.15, 0.2) is 0 Å². The highest BCUT2D eigenvalue weighted by atomic mass is 14.9. The fraction of sp³-hybridized carbons (Fsp3) is 1.00. The van der Waals surface area contributed by atoms with Gasteiger partial charge >= 0.3 is 0 Å². The van der Waals surface area contributed by atoms with E-state index in [9.17, 15) is 0 Å². The third kappa shape index (κ3) is 1.60. The van der Waals surface area contributed by atoms with Gasteiger partial charge in [-0.2, -0.15) is 0 Å². The molecule has 1 aliphatic heterocycles. The molecule has 1 N–H and O–H groups in total. The molecule has 0 aromatic heterocycles. The van der Waals surface area contributed by atoms with Crippen molar-refractivity contribution in [2.75, 3.05) is 6.54 Å². The van der Waals surface area contributed by atoms with Crippen molar-refractivity contribution in [3.05, 3.63) is 0 Å². The van der Waals surface area contributed by atoms with Crippen molar-refractivity contribution in [3.8, 4) is 0 Å². The van der Waals surface area contributed by atoms with E-state index in [2.05, 4.69) is 5.32 Å². The van der Waals surface area contributed by atoms with E-state index in [1.807, 2.05) is 0 Å². The average molecular weight is 193 g/mol. The van der Waals surface area contributed by atoms with E-state index in [0.717, 1.165) is 23.8 Å². The molecule has 4 atom stereocenters. The summed E-state index contributed by atoms with van der Waals surface area (Å²) in [6.07, 6.45) is 12.0. The summed E-state index contributed by atoms with van der Waals surface area (Å²) in [5.74, 6) is 3.29. The molecule has 0 aromatic carbocycles. The molecule has 3 aliphatic rings. The molecule has 1 heterocycles. The van der Waals surface area contributed by atoms with Gasteiger partial charge in [-0.3, -0.25) is 0 Å². The Balaban J connectivity index is 1.63. The van der Waals surface area contributed by atoms with Crippen LogP contribution in [0, 0.1) is 17.8 Å². The fourth-order valence-electron chi connectivity index (χ4n) is 4.21. The quantitative estimate of drug-likeness (QED) is 0.675. The molecule has 2 bridgehead atoms. The molecule has 1 heteroatoms. The largest absolute Gasteiger partial charge is 0.314 e. The van der Waals surface area contributed by atoms with Gasteiger partial charge in [-0.15, -0.1) is 0 Å². The van der Waals surface area contributed by atoms with Crippen molar-refractivity contribution in [2.45, 2.75) is 57.4 Å². The molecule has 1 nitrogen and oxygen atoms in total. The molecule has 14 heavy (non-hydrogen) atoms. The normalized spacial score (nSPS) is 48.0. The van der Waals surface area contributed by atoms with Crippen LogP contribution in [0.4, 0.5) is 0 Å². The minimum Gasteiger partial charge on any atom is -0.314 e. The molecule has 0 amide bonds. The minimum absolute atomic E-state index is 0.896. The van der Waals surface area contributed by atoms with Gasteiger partial charge in [0.25, 0.3) is 0 Å². The lowest BCUT2D eigenvalue weighted by Crippen LogP contribution is -2.38. The van der Waals surface area contributed by atoms with E-state index in [1.54, 1.807) is 25.7 Å². The number of rotatable bonds is 1. The van der Waals surface area contributed by atoms with Gasteiger partial charge in [-0.1, -0.05) is 19.3 Å². The predicted molar refractivity (Wildman–Crippen MR) is 59.2 cm³/mol. The Morgan fingerprint density at radius 2 is 1.86 bits per heavy atom. The summed E-state index contributed by atoms with van der Waals surface area (Å²) in [6.45, 7) is 1.29. The third-order valence-corrected chi connectivity index (χ3v) is 4.91. The van der Waals surface area contributed by atoms with E-state index in [4.69, 9.17) is 0 Å². The summed E-state index contributed by atoms with van der Waals surface area (Å²) in [5, 5.41) is 3.81. The molecule has 0 radical (unpaired) electrons. The second kappa shape index (κ2) is 3.84. The zero-order valence-electron chi connectivity index (χ0n) is 9.17. The number of hydrogen-bond donors (Lipinski definition) is 1. The Bertz CT molecular complexity index is 193. The highest BCUT2D eigenvalue weighted by Crippen LogP contribution is 2.50. The first kappa shape index (κ1) is 9.21. The summed E-state index contributed by atoms with van der Waals surface area (Å²) in [7, 11) is 0. The van der Waals surface area contributed by atoms with Crippen molar-refractivity contribution in [2.24, 2.45) is 17.8 Å². The molecular formula is C13H23N. The first-order chi connectivity index (χ1) is 6.93. The monoisotopic (exact) mass is 193 g/mol. The Labute approximate surface area is 87.7 Å². The van der Waals surface area contributed by atoms with Crippen LogP contribution in [0.15, 0.2) is 0 Å². The summed E-state index contributed by atoms with van der Waals surface area (Å²) in [5.41, 5.74) is 0. The zero-order valence-corrected chi connectivity index (χ0v) is 9.17. The van der Waals surface area contributed by atoms with Crippen LogP contribution in [0.3, 0.4) is 0 Å². The van der Waals surface area contributed by atoms with Crippen LogP contribution in [0.1, 0.15) is 51.4 Å². The maximum absolute atomic E-state index is 3.81. The van der Waals surface area contributed by atoms with Gasteiger partial charge in [-0.25, -0.2) is 0 Å². The Hall–Kier alpha value is -0.0400. The lowest BCUT2D eigenvalue weighted by molar-refractivity contribution is 0.244. The van der Waals surface area contributed by atoms with E-state index < -0.39 is 0 Å². The van der Waals surface area contributed by atoms with Gasteiger partial charge in [0.2, 0.25) is 0 Å². The van der Waals surface area contributed by atoms with E-state index in [-0.39, 0.29) is 0 Å². The second-order valence-corrected chi connectivity index (χ2v) is 5.75. The van der Waals surface area contributed by atoms with Crippen LogP contribution in [0.2, 0.25) is 0 Å². The highest BCUT2D eigenvalue weighted by Gasteiger charge is 2.42. The van der Waals surface area contributed by atoms with Crippen molar-refractivity contribution < 1.29 is 0 Å². The first-order valence-electron chi connectivity index (χ1n) is 6.67. The maximum Gasteiger partial charge on any atom is 0.00980 e. The zero-order chi connectivity index (χ0) is 9.38. The molecule has 0 spiro atoms. The van der Waals surface area contributed by atoms with Crippen LogP contribution < -0.4 is 5.32 Å². The summed E-state index contributed by atoms with van der Waals surface area (Å²) >= 11 is 0. The Morgan fingerprint density at radius 1 is 0.857 bits per heavy atom. The third-order valence-electron chi connectivity index (χ3n) is 4.91. The molecule has 3 rings (SSSR count). The van der Waals surface area contributed by atoms with Crippen LogP contribution in [0.25, 0.3) is 0 Å². The van der Waals surface area contributed by atoms with Crippen LogP contribution >= 0.6 is 0 Å². The van der Waals surface area contributed by atoms with Crippen molar-refractivity contribution in [3.63, 3.8) is 0 Å². The van der Waals surface area contributed by atoms with Gasteiger partial charge in [0, 0.05) is 6.04 Å². The van der Waals surface area contributed by atoms with Crippen molar-refractivity contribution in [1.82, 2.24) is 5.32 Å². The van der Waals surface area contributed by atoms with Crippen molar-refractivity contribution >= 4 is 0 Å². The smallest absolute Gasteiger partial charge is 0.00980 e. The summed E-state index contributed by atoms with van der Waals surface area (Å²) in [6, 6.07) is 0.896. The predicted octanol–water partition coefficient (Wildman–Crippen LogP) is 2.95. The molecule has 2 aliphatic carbocycles. The average Bonchev–Trinajstić information content (AvgIpc) is 2.72. The highest BCUT2D eigenvalue weighted by molar-refractivity contribution is 4.95. The molecule has 3 fully saturated rings.